The minimum atomic E-state index is -0.752. The fourth-order valence-corrected chi connectivity index (χ4v) is 5.98. The number of hydrogen-bond donors (Lipinski definition) is 1. The van der Waals surface area contributed by atoms with Crippen LogP contribution in [0.2, 0.25) is 0 Å². The number of hydrogen-bond acceptors (Lipinski definition) is 4. The van der Waals surface area contributed by atoms with Crippen LogP contribution in [0, 0.1) is 5.92 Å². The van der Waals surface area contributed by atoms with Crippen molar-refractivity contribution in [2.75, 3.05) is 23.8 Å². The summed E-state index contributed by atoms with van der Waals surface area (Å²) in [5, 5.41) is 5.10. The molecule has 2 aromatic carbocycles. The highest BCUT2D eigenvalue weighted by Crippen LogP contribution is 2.44. The molecule has 2 aliphatic heterocycles. The molecule has 0 saturated heterocycles. The van der Waals surface area contributed by atoms with E-state index >= 15 is 0 Å². The number of thioether (sulfide) groups is 1. The smallest absolute Gasteiger partial charge is 0.247 e. The minimum absolute atomic E-state index is 0.0787. The Hall–Kier alpha value is -2.93. The summed E-state index contributed by atoms with van der Waals surface area (Å²) in [5.41, 5.74) is 3.81. The van der Waals surface area contributed by atoms with E-state index in [0.717, 1.165) is 52.1 Å². The van der Waals surface area contributed by atoms with Crippen molar-refractivity contribution in [3.05, 3.63) is 53.6 Å². The van der Waals surface area contributed by atoms with Crippen LogP contribution in [0.1, 0.15) is 43.9 Å². The fraction of sp³-hybridized carbons (Fsp3) is 0.407. The minimum Gasteiger partial charge on any atom is -0.493 e. The van der Waals surface area contributed by atoms with Crippen LogP contribution in [0.5, 0.6) is 5.75 Å². The van der Waals surface area contributed by atoms with Crippen LogP contribution in [-0.4, -0.2) is 35.3 Å². The summed E-state index contributed by atoms with van der Waals surface area (Å²) in [7, 11) is 2.01. The molecular formula is C27H31N3O3S. The summed E-state index contributed by atoms with van der Waals surface area (Å²) in [6, 6.07) is 13.3. The Labute approximate surface area is 204 Å². The van der Waals surface area contributed by atoms with Gasteiger partial charge in [0.05, 0.1) is 17.4 Å². The molecule has 6 nitrogen and oxygen atoms in total. The van der Waals surface area contributed by atoms with Gasteiger partial charge in [0, 0.05) is 41.8 Å². The van der Waals surface area contributed by atoms with Gasteiger partial charge in [-0.05, 0) is 42.9 Å². The summed E-state index contributed by atoms with van der Waals surface area (Å²) < 4.78 is 8.01. The van der Waals surface area contributed by atoms with Gasteiger partial charge in [-0.2, -0.15) is 0 Å². The number of anilines is 1. The summed E-state index contributed by atoms with van der Waals surface area (Å²) in [4.78, 5) is 29.1. The number of amides is 2. The van der Waals surface area contributed by atoms with Gasteiger partial charge in [-0.3, -0.25) is 14.5 Å². The highest BCUT2D eigenvalue weighted by molar-refractivity contribution is 8.00. The van der Waals surface area contributed by atoms with E-state index < -0.39 is 6.04 Å². The molecule has 0 radical (unpaired) electrons. The molecule has 1 atom stereocenters. The van der Waals surface area contributed by atoms with Crippen molar-refractivity contribution in [1.29, 1.82) is 0 Å². The standard InChI is InChI=1S/C27H31N3O3S/c1-17(2)12-13-28-26(32)25-24-20-8-4-5-9-21(20)29(3)27(24)34-16-23(31)30(25)19-11-10-18-7-6-14-33-22(18)15-19/h4-5,8-11,15,17,25H,6-7,12-14,16H2,1-3H3,(H,28,32). The molecule has 0 bridgehead atoms. The Morgan fingerprint density at radius 2 is 2.06 bits per heavy atom. The SMILES string of the molecule is CC(C)CCNC(=O)C1c2c(n(C)c3ccccc23)SCC(=O)N1c1ccc2c(c1)OCCC2. The lowest BCUT2D eigenvalue weighted by Gasteiger charge is -2.31. The van der Waals surface area contributed by atoms with Gasteiger partial charge in [-0.25, -0.2) is 0 Å². The van der Waals surface area contributed by atoms with E-state index in [2.05, 4.69) is 29.8 Å². The molecule has 1 N–H and O–H groups in total. The fourth-order valence-electron chi connectivity index (χ4n) is 4.91. The number of nitrogens with zero attached hydrogens (tertiary/aromatic N) is 2. The maximum Gasteiger partial charge on any atom is 0.247 e. The Morgan fingerprint density at radius 1 is 1.24 bits per heavy atom. The second kappa shape index (κ2) is 9.37. The van der Waals surface area contributed by atoms with Crippen LogP contribution in [0.25, 0.3) is 10.9 Å². The first-order valence-corrected chi connectivity index (χ1v) is 13.0. The number of aromatic nitrogens is 1. The first-order valence-electron chi connectivity index (χ1n) is 12.0. The number of nitrogens with one attached hydrogen (secondary N) is 1. The number of carbonyl (C=O) groups excluding carboxylic acids is 2. The summed E-state index contributed by atoms with van der Waals surface area (Å²) in [6.45, 7) is 5.53. The lowest BCUT2D eigenvalue weighted by Crippen LogP contribution is -2.44. The van der Waals surface area contributed by atoms with Gasteiger partial charge in [-0.15, -0.1) is 0 Å². The van der Waals surface area contributed by atoms with Crippen molar-refractivity contribution >= 4 is 40.2 Å². The number of ether oxygens (including phenoxy) is 1. The van der Waals surface area contributed by atoms with Gasteiger partial charge in [0.2, 0.25) is 11.8 Å². The normalized spacial score (nSPS) is 17.8. The van der Waals surface area contributed by atoms with Crippen molar-refractivity contribution < 1.29 is 14.3 Å². The molecule has 5 rings (SSSR count). The van der Waals surface area contributed by atoms with Crippen LogP contribution in [0.3, 0.4) is 0 Å². The van der Waals surface area contributed by atoms with Crippen LogP contribution in [0.15, 0.2) is 47.5 Å². The van der Waals surface area contributed by atoms with E-state index in [4.69, 9.17) is 4.74 Å². The third kappa shape index (κ3) is 4.06. The summed E-state index contributed by atoms with van der Waals surface area (Å²) in [5.74, 6) is 1.34. The average molecular weight is 478 g/mol. The Morgan fingerprint density at radius 3 is 2.88 bits per heavy atom. The second-order valence-corrected chi connectivity index (χ2v) is 10.4. The number of para-hydroxylation sites is 1. The van der Waals surface area contributed by atoms with Crippen molar-refractivity contribution in [1.82, 2.24) is 9.88 Å². The summed E-state index contributed by atoms with van der Waals surface area (Å²) >= 11 is 1.51. The van der Waals surface area contributed by atoms with Gasteiger partial charge in [0.15, 0.2) is 0 Å². The third-order valence-electron chi connectivity index (χ3n) is 6.67. The highest BCUT2D eigenvalue weighted by Gasteiger charge is 2.40. The molecule has 2 amide bonds. The van der Waals surface area contributed by atoms with E-state index in [1.165, 1.54) is 11.8 Å². The van der Waals surface area contributed by atoms with Gasteiger partial charge >= 0.3 is 0 Å². The zero-order valence-electron chi connectivity index (χ0n) is 20.0. The van der Waals surface area contributed by atoms with Crippen LogP contribution >= 0.6 is 11.8 Å². The van der Waals surface area contributed by atoms with Crippen LogP contribution < -0.4 is 15.0 Å². The number of fused-ring (bicyclic) bond motifs is 4. The van der Waals surface area contributed by atoms with E-state index in [-0.39, 0.29) is 17.6 Å². The van der Waals surface area contributed by atoms with E-state index in [1.807, 2.05) is 43.4 Å². The Kier molecular flexibility index (Phi) is 6.30. The van der Waals surface area contributed by atoms with Crippen molar-refractivity contribution in [2.45, 2.75) is 44.2 Å². The van der Waals surface area contributed by atoms with E-state index in [1.54, 1.807) is 4.90 Å². The number of rotatable bonds is 5. The topological polar surface area (TPSA) is 63.6 Å². The molecule has 1 aromatic heterocycles. The monoisotopic (exact) mass is 477 g/mol. The average Bonchev–Trinajstić information content (AvgIpc) is 3.01. The van der Waals surface area contributed by atoms with Crippen molar-refractivity contribution in [3.63, 3.8) is 0 Å². The van der Waals surface area contributed by atoms with Gasteiger partial charge in [0.25, 0.3) is 0 Å². The maximum absolute atomic E-state index is 13.8. The maximum atomic E-state index is 13.8. The Bertz CT molecular complexity index is 1250. The molecule has 34 heavy (non-hydrogen) atoms. The quantitative estimate of drug-likeness (QED) is 0.571. The van der Waals surface area contributed by atoms with Crippen LogP contribution in [-0.2, 0) is 23.1 Å². The van der Waals surface area contributed by atoms with E-state index in [9.17, 15) is 9.59 Å². The van der Waals surface area contributed by atoms with Crippen molar-refractivity contribution in [2.24, 2.45) is 13.0 Å². The van der Waals surface area contributed by atoms with Crippen molar-refractivity contribution in [3.8, 4) is 5.75 Å². The number of aryl methyl sites for hydroxylation is 2. The molecule has 3 aromatic rings. The van der Waals surface area contributed by atoms with Gasteiger partial charge < -0.3 is 14.6 Å². The lowest BCUT2D eigenvalue weighted by molar-refractivity contribution is -0.125. The third-order valence-corrected chi connectivity index (χ3v) is 7.83. The molecule has 0 aliphatic carbocycles. The number of carbonyl (C=O) groups is 2. The molecule has 178 valence electrons. The Balaban J connectivity index is 1.65. The molecule has 0 spiro atoms. The summed E-state index contributed by atoms with van der Waals surface area (Å²) in [6.07, 6.45) is 2.84. The first-order chi connectivity index (χ1) is 16.5. The largest absolute Gasteiger partial charge is 0.493 e. The molecule has 0 fully saturated rings. The molecule has 7 heteroatoms. The second-order valence-electron chi connectivity index (χ2n) is 9.47. The highest BCUT2D eigenvalue weighted by atomic mass is 32.2. The predicted octanol–water partition coefficient (Wildman–Crippen LogP) is 4.85. The molecule has 3 heterocycles. The molecular weight excluding hydrogens is 446 g/mol. The van der Waals surface area contributed by atoms with Gasteiger partial charge in [0.1, 0.15) is 11.8 Å². The number of benzene rings is 2. The zero-order valence-corrected chi connectivity index (χ0v) is 20.8. The zero-order chi connectivity index (χ0) is 23.8. The molecule has 0 saturated carbocycles. The lowest BCUT2D eigenvalue weighted by atomic mass is 10.0. The van der Waals surface area contributed by atoms with Crippen LogP contribution in [0.4, 0.5) is 5.69 Å². The first kappa shape index (κ1) is 22.8. The molecule has 2 aliphatic rings. The van der Waals surface area contributed by atoms with E-state index in [0.29, 0.717) is 24.8 Å². The molecule has 1 unspecified atom stereocenters. The predicted molar refractivity (Wildman–Crippen MR) is 137 cm³/mol. The van der Waals surface area contributed by atoms with Gasteiger partial charge in [-0.1, -0.05) is 49.9 Å².